The van der Waals surface area contributed by atoms with Crippen LogP contribution in [0.5, 0.6) is 0 Å². The van der Waals surface area contributed by atoms with Gasteiger partial charge in [-0.25, -0.2) is 0 Å². The summed E-state index contributed by atoms with van der Waals surface area (Å²) in [6, 6.07) is 8.41. The number of nitrogens with one attached hydrogen (secondary N) is 2. The lowest BCUT2D eigenvalue weighted by molar-refractivity contribution is -0.118. The fourth-order valence-electron chi connectivity index (χ4n) is 1.89. The monoisotopic (exact) mass is 306 g/mol. The summed E-state index contributed by atoms with van der Waals surface area (Å²) in [5.74, 6) is 1.39. The highest BCUT2D eigenvalue weighted by Gasteiger charge is 2.21. The molecule has 1 saturated carbocycles. The summed E-state index contributed by atoms with van der Waals surface area (Å²) >= 11 is 1.61. The number of thioether (sulfide) groups is 1. The molecule has 21 heavy (non-hydrogen) atoms. The van der Waals surface area contributed by atoms with E-state index >= 15 is 0 Å². The van der Waals surface area contributed by atoms with Crippen molar-refractivity contribution in [2.24, 2.45) is 5.92 Å². The average molecular weight is 306 g/mol. The molecule has 1 aliphatic carbocycles. The first-order valence-corrected chi connectivity index (χ1v) is 8.64. The van der Waals surface area contributed by atoms with Gasteiger partial charge in [-0.15, -0.1) is 11.8 Å². The van der Waals surface area contributed by atoms with E-state index in [1.165, 1.54) is 18.4 Å². The van der Waals surface area contributed by atoms with Crippen molar-refractivity contribution in [1.29, 1.82) is 0 Å². The molecule has 2 N–H and O–H groups in total. The van der Waals surface area contributed by atoms with Crippen LogP contribution in [0.4, 0.5) is 0 Å². The molecular weight excluding hydrogens is 280 g/mol. The molecule has 0 radical (unpaired) electrons. The van der Waals surface area contributed by atoms with E-state index in [-0.39, 0.29) is 11.4 Å². The average Bonchev–Trinajstić information content (AvgIpc) is 3.24. The van der Waals surface area contributed by atoms with Crippen molar-refractivity contribution < 1.29 is 4.79 Å². The highest BCUT2D eigenvalue weighted by atomic mass is 32.2. The van der Waals surface area contributed by atoms with Crippen LogP contribution in [0.3, 0.4) is 0 Å². The normalized spacial score (nSPS) is 15.0. The second-order valence-corrected chi connectivity index (χ2v) is 7.84. The van der Waals surface area contributed by atoms with Gasteiger partial charge in [0.2, 0.25) is 5.91 Å². The molecule has 0 saturated heterocycles. The van der Waals surface area contributed by atoms with Gasteiger partial charge in [-0.05, 0) is 57.2 Å². The Morgan fingerprint density at radius 1 is 1.33 bits per heavy atom. The summed E-state index contributed by atoms with van der Waals surface area (Å²) < 4.78 is 0. The van der Waals surface area contributed by atoms with Crippen molar-refractivity contribution in [1.82, 2.24) is 10.6 Å². The minimum Gasteiger partial charge on any atom is -0.355 e. The maximum absolute atomic E-state index is 11.7. The van der Waals surface area contributed by atoms with E-state index in [1.807, 2.05) is 0 Å². The Hall–Kier alpha value is -1.00. The number of carbonyl (C=O) groups is 1. The molecule has 1 aliphatic rings. The van der Waals surface area contributed by atoms with Gasteiger partial charge in [0, 0.05) is 23.5 Å². The Kier molecular flexibility index (Phi) is 5.71. The van der Waals surface area contributed by atoms with Gasteiger partial charge in [0.1, 0.15) is 0 Å². The van der Waals surface area contributed by atoms with Gasteiger partial charge in [0.25, 0.3) is 0 Å². The number of benzene rings is 1. The maximum Gasteiger partial charge on any atom is 0.230 e. The van der Waals surface area contributed by atoms with Crippen LogP contribution < -0.4 is 10.6 Å². The van der Waals surface area contributed by atoms with Gasteiger partial charge in [0.15, 0.2) is 0 Å². The van der Waals surface area contributed by atoms with Gasteiger partial charge in [-0.3, -0.25) is 4.79 Å². The number of hydrogen-bond donors (Lipinski definition) is 2. The Morgan fingerprint density at radius 3 is 2.76 bits per heavy atom. The Labute approximate surface area is 132 Å². The van der Waals surface area contributed by atoms with Crippen LogP contribution in [0, 0.1) is 5.92 Å². The first-order valence-electron chi connectivity index (χ1n) is 7.66. The lowest BCUT2D eigenvalue weighted by Gasteiger charge is -2.20. The van der Waals surface area contributed by atoms with Crippen molar-refractivity contribution in [3.63, 3.8) is 0 Å². The third-order valence-corrected chi connectivity index (χ3v) is 4.37. The van der Waals surface area contributed by atoms with Crippen LogP contribution in [-0.2, 0) is 11.3 Å². The summed E-state index contributed by atoms with van der Waals surface area (Å²) in [5.41, 5.74) is 1.37. The van der Waals surface area contributed by atoms with Crippen molar-refractivity contribution in [2.75, 3.05) is 12.3 Å². The maximum atomic E-state index is 11.7. The zero-order chi connectivity index (χ0) is 15.3. The van der Waals surface area contributed by atoms with E-state index in [0.717, 1.165) is 23.9 Å². The van der Waals surface area contributed by atoms with E-state index in [0.29, 0.717) is 5.75 Å². The van der Waals surface area contributed by atoms with Crippen LogP contribution in [-0.4, -0.2) is 23.7 Å². The van der Waals surface area contributed by atoms with E-state index in [9.17, 15) is 4.79 Å². The second kappa shape index (κ2) is 7.32. The first-order chi connectivity index (χ1) is 9.92. The molecule has 0 spiro atoms. The van der Waals surface area contributed by atoms with Crippen LogP contribution in [0.15, 0.2) is 29.2 Å². The zero-order valence-electron chi connectivity index (χ0n) is 13.2. The zero-order valence-corrected chi connectivity index (χ0v) is 14.1. The lowest BCUT2D eigenvalue weighted by atomic mass is 10.1. The van der Waals surface area contributed by atoms with Gasteiger partial charge >= 0.3 is 0 Å². The Bertz CT molecular complexity index is 478. The number of amides is 1. The molecule has 0 heterocycles. The smallest absolute Gasteiger partial charge is 0.230 e. The van der Waals surface area contributed by atoms with Crippen LogP contribution in [0.2, 0.25) is 0 Å². The summed E-state index contributed by atoms with van der Waals surface area (Å²) in [7, 11) is 0. The minimum absolute atomic E-state index is 0.117. The summed E-state index contributed by atoms with van der Waals surface area (Å²) in [5, 5.41) is 6.48. The highest BCUT2D eigenvalue weighted by Crippen LogP contribution is 2.27. The molecule has 1 aromatic rings. The molecule has 0 aromatic heterocycles. The molecule has 0 atom stereocenters. The molecule has 3 nitrogen and oxygen atoms in total. The van der Waals surface area contributed by atoms with E-state index in [1.54, 1.807) is 11.8 Å². The molecule has 1 amide bonds. The second-order valence-electron chi connectivity index (χ2n) is 6.79. The summed E-state index contributed by atoms with van der Waals surface area (Å²) in [4.78, 5) is 12.9. The van der Waals surface area contributed by atoms with Crippen LogP contribution in [0.1, 0.15) is 39.2 Å². The first kappa shape index (κ1) is 16.4. The van der Waals surface area contributed by atoms with Crippen LogP contribution >= 0.6 is 11.8 Å². The molecular formula is C17H26N2OS. The number of carbonyl (C=O) groups excluding carboxylic acids is 1. The van der Waals surface area contributed by atoms with Crippen molar-refractivity contribution in [3.05, 3.63) is 29.8 Å². The Morgan fingerprint density at radius 2 is 2.10 bits per heavy atom. The fraction of sp³-hybridized carbons (Fsp3) is 0.588. The number of hydrogen-bond acceptors (Lipinski definition) is 3. The minimum atomic E-state index is 0.117. The standard InChI is InChI=1S/C17H26N2OS/c1-17(2,3)19-11-14-5-4-6-15(9-14)21-12-16(20)18-10-13-7-8-13/h4-6,9,13,19H,7-8,10-12H2,1-3H3,(H,18,20). The van der Waals surface area contributed by atoms with E-state index in [2.05, 4.69) is 55.7 Å². The summed E-state index contributed by atoms with van der Waals surface area (Å²) in [6.07, 6.45) is 2.55. The third-order valence-electron chi connectivity index (χ3n) is 3.38. The molecule has 4 heteroatoms. The van der Waals surface area contributed by atoms with Gasteiger partial charge in [0.05, 0.1) is 5.75 Å². The molecule has 2 rings (SSSR count). The molecule has 0 unspecified atom stereocenters. The third kappa shape index (κ3) is 7.00. The number of rotatable bonds is 7. The largest absolute Gasteiger partial charge is 0.355 e. The fourth-order valence-corrected chi connectivity index (χ4v) is 2.70. The predicted octanol–water partition coefficient (Wildman–Crippen LogP) is 3.19. The van der Waals surface area contributed by atoms with Crippen molar-refractivity contribution >= 4 is 17.7 Å². The lowest BCUT2D eigenvalue weighted by Crippen LogP contribution is -2.35. The van der Waals surface area contributed by atoms with E-state index in [4.69, 9.17) is 0 Å². The predicted molar refractivity (Wildman–Crippen MR) is 89.5 cm³/mol. The molecule has 116 valence electrons. The highest BCUT2D eigenvalue weighted by molar-refractivity contribution is 8.00. The molecule has 1 fully saturated rings. The van der Waals surface area contributed by atoms with Crippen molar-refractivity contribution in [3.8, 4) is 0 Å². The topological polar surface area (TPSA) is 41.1 Å². The quantitative estimate of drug-likeness (QED) is 0.760. The molecule has 1 aromatic carbocycles. The van der Waals surface area contributed by atoms with Gasteiger partial charge < -0.3 is 10.6 Å². The van der Waals surface area contributed by atoms with Gasteiger partial charge in [-0.1, -0.05) is 12.1 Å². The van der Waals surface area contributed by atoms with Crippen LogP contribution in [0.25, 0.3) is 0 Å². The Balaban J connectivity index is 1.75. The van der Waals surface area contributed by atoms with Crippen molar-refractivity contribution in [2.45, 2.75) is 50.6 Å². The van der Waals surface area contributed by atoms with Gasteiger partial charge in [-0.2, -0.15) is 0 Å². The SMILES string of the molecule is CC(C)(C)NCc1cccc(SCC(=O)NCC2CC2)c1. The summed E-state index contributed by atoms with van der Waals surface area (Å²) in [6.45, 7) is 8.20. The molecule has 0 aliphatic heterocycles. The molecule has 0 bridgehead atoms. The van der Waals surface area contributed by atoms with E-state index < -0.39 is 0 Å².